The molecule has 1 aromatic rings. The van der Waals surface area contributed by atoms with E-state index in [4.69, 9.17) is 34.7 Å². The molecule has 0 aliphatic carbocycles. The smallest absolute Gasteiger partial charge is 0.249 e. The van der Waals surface area contributed by atoms with Crippen LogP contribution in [0.25, 0.3) is 0 Å². The van der Waals surface area contributed by atoms with Crippen LogP contribution in [0.5, 0.6) is 0 Å². The summed E-state index contributed by atoms with van der Waals surface area (Å²) < 4.78 is 0. The first-order valence-electron chi connectivity index (χ1n) is 3.98. The second-order valence-corrected chi connectivity index (χ2v) is 3.59. The molecule has 0 spiro atoms. The Morgan fingerprint density at radius 1 is 1.25 bits per heavy atom. The molecule has 0 aliphatic rings. The van der Waals surface area contributed by atoms with E-state index in [1.165, 1.54) is 0 Å². The van der Waals surface area contributed by atoms with Crippen molar-refractivity contribution in [2.24, 2.45) is 5.73 Å². The Kier molecular flexibility index (Phi) is 3.87. The predicted octanol–water partition coefficient (Wildman–Crippen LogP) is -0.755. The fraction of sp³-hybridized carbons (Fsp3) is 0.286. The molecule has 0 bridgehead atoms. The minimum absolute atomic E-state index is 0.195. The first kappa shape index (κ1) is 12.9. The number of anilines is 1. The zero-order valence-electron chi connectivity index (χ0n) is 7.76. The number of hydrogen-bond acceptors (Lipinski definition) is 6. The second kappa shape index (κ2) is 4.79. The van der Waals surface area contributed by atoms with Crippen molar-refractivity contribution in [2.45, 2.75) is 12.2 Å². The third kappa shape index (κ3) is 2.50. The number of rotatable bonds is 3. The summed E-state index contributed by atoms with van der Waals surface area (Å²) in [6.07, 6.45) is -3.57. The van der Waals surface area contributed by atoms with E-state index in [2.05, 4.69) is 9.97 Å². The molecule has 6 N–H and O–H groups in total. The topological polar surface area (TPSA) is 135 Å². The Morgan fingerprint density at radius 2 is 1.69 bits per heavy atom. The van der Waals surface area contributed by atoms with Crippen molar-refractivity contribution >= 4 is 35.1 Å². The van der Waals surface area contributed by atoms with Crippen LogP contribution >= 0.6 is 23.2 Å². The summed E-state index contributed by atoms with van der Waals surface area (Å²) in [5.41, 5.74) is 9.84. The van der Waals surface area contributed by atoms with Gasteiger partial charge in [-0.2, -0.15) is 0 Å². The lowest BCUT2D eigenvalue weighted by Gasteiger charge is -2.16. The SMILES string of the molecule is NC(=O)C(O)C(O)c1c(Cl)nc(N)nc1Cl. The highest BCUT2D eigenvalue weighted by molar-refractivity contribution is 6.34. The van der Waals surface area contributed by atoms with E-state index in [0.29, 0.717) is 0 Å². The maximum atomic E-state index is 10.7. The summed E-state index contributed by atoms with van der Waals surface area (Å²) in [6, 6.07) is 0. The van der Waals surface area contributed by atoms with Crippen molar-refractivity contribution in [2.75, 3.05) is 5.73 Å². The number of nitrogens with two attached hydrogens (primary N) is 2. The molecule has 1 rings (SSSR count). The Bertz CT molecular complexity index is 405. The average molecular weight is 267 g/mol. The molecule has 2 atom stereocenters. The van der Waals surface area contributed by atoms with Crippen molar-refractivity contribution in [1.82, 2.24) is 9.97 Å². The van der Waals surface area contributed by atoms with E-state index >= 15 is 0 Å². The molecule has 0 saturated carbocycles. The number of aliphatic hydroxyl groups is 2. The van der Waals surface area contributed by atoms with Crippen LogP contribution in [-0.4, -0.2) is 32.2 Å². The molecule has 16 heavy (non-hydrogen) atoms. The van der Waals surface area contributed by atoms with Gasteiger partial charge in [0.15, 0.2) is 6.10 Å². The molecule has 0 saturated heterocycles. The van der Waals surface area contributed by atoms with Gasteiger partial charge in [0, 0.05) is 0 Å². The molecule has 2 unspecified atom stereocenters. The van der Waals surface area contributed by atoms with Gasteiger partial charge in [0.05, 0.1) is 5.56 Å². The lowest BCUT2D eigenvalue weighted by Crippen LogP contribution is -2.34. The zero-order chi connectivity index (χ0) is 12.5. The van der Waals surface area contributed by atoms with Gasteiger partial charge in [-0.25, -0.2) is 9.97 Å². The summed E-state index contributed by atoms with van der Waals surface area (Å²) in [5.74, 6) is -1.32. The van der Waals surface area contributed by atoms with E-state index in [0.717, 1.165) is 0 Å². The minimum atomic E-state index is -1.86. The van der Waals surface area contributed by atoms with Crippen LogP contribution in [0.15, 0.2) is 0 Å². The predicted molar refractivity (Wildman–Crippen MR) is 56.6 cm³/mol. The van der Waals surface area contributed by atoms with Gasteiger partial charge >= 0.3 is 0 Å². The van der Waals surface area contributed by atoms with Crippen LogP contribution in [0, 0.1) is 0 Å². The van der Waals surface area contributed by atoms with Crippen LogP contribution < -0.4 is 11.5 Å². The van der Waals surface area contributed by atoms with Crippen LogP contribution in [-0.2, 0) is 4.79 Å². The zero-order valence-corrected chi connectivity index (χ0v) is 9.27. The van der Waals surface area contributed by atoms with Gasteiger partial charge < -0.3 is 21.7 Å². The summed E-state index contributed by atoms with van der Waals surface area (Å²) in [6.45, 7) is 0. The number of primary amides is 1. The number of hydrogen-bond donors (Lipinski definition) is 4. The third-order valence-electron chi connectivity index (χ3n) is 1.76. The highest BCUT2D eigenvalue weighted by Gasteiger charge is 2.29. The fourth-order valence-electron chi connectivity index (χ4n) is 0.989. The van der Waals surface area contributed by atoms with Crippen molar-refractivity contribution in [3.63, 3.8) is 0 Å². The lowest BCUT2D eigenvalue weighted by molar-refractivity contribution is -0.131. The monoisotopic (exact) mass is 266 g/mol. The van der Waals surface area contributed by atoms with Crippen LogP contribution in [0.2, 0.25) is 10.3 Å². The van der Waals surface area contributed by atoms with Crippen LogP contribution in [0.1, 0.15) is 11.7 Å². The van der Waals surface area contributed by atoms with Gasteiger partial charge in [0.2, 0.25) is 11.9 Å². The molecule has 7 nitrogen and oxygen atoms in total. The van der Waals surface area contributed by atoms with E-state index in [1.54, 1.807) is 0 Å². The highest BCUT2D eigenvalue weighted by Crippen LogP contribution is 2.30. The molecule has 1 amide bonds. The first-order chi connectivity index (χ1) is 7.34. The Balaban J connectivity index is 3.18. The molecule has 88 valence electrons. The second-order valence-electron chi connectivity index (χ2n) is 2.87. The van der Waals surface area contributed by atoms with Crippen LogP contribution in [0.3, 0.4) is 0 Å². The first-order valence-corrected chi connectivity index (χ1v) is 4.74. The maximum Gasteiger partial charge on any atom is 0.249 e. The molecule has 1 aromatic heterocycles. The molecule has 0 aromatic carbocycles. The van der Waals surface area contributed by atoms with Gasteiger partial charge in [-0.3, -0.25) is 4.79 Å². The number of nitrogen functional groups attached to an aromatic ring is 1. The molecular formula is C7H8Cl2N4O3. The fourth-order valence-corrected chi connectivity index (χ4v) is 1.61. The van der Waals surface area contributed by atoms with E-state index in [-0.39, 0.29) is 21.8 Å². The van der Waals surface area contributed by atoms with E-state index in [9.17, 15) is 15.0 Å². The van der Waals surface area contributed by atoms with Crippen molar-refractivity contribution in [1.29, 1.82) is 0 Å². The quantitative estimate of drug-likeness (QED) is 0.532. The molecule has 1 heterocycles. The number of halogens is 2. The van der Waals surface area contributed by atoms with Crippen molar-refractivity contribution in [3.8, 4) is 0 Å². The standard InChI is InChI=1S/C7H8Cl2N4O3/c8-4-1(2(14)3(15)6(10)16)5(9)13-7(11)12-4/h2-3,14-15H,(H2,10,16)(H2,11,12,13). The van der Waals surface area contributed by atoms with E-state index in [1.807, 2.05) is 0 Å². The van der Waals surface area contributed by atoms with Crippen LogP contribution in [0.4, 0.5) is 5.95 Å². The normalized spacial score (nSPS) is 14.5. The highest BCUT2D eigenvalue weighted by atomic mass is 35.5. The summed E-state index contributed by atoms with van der Waals surface area (Å²) in [5, 5.41) is 18.3. The molecule has 0 radical (unpaired) electrons. The van der Waals surface area contributed by atoms with Gasteiger partial charge in [0.25, 0.3) is 0 Å². The lowest BCUT2D eigenvalue weighted by atomic mass is 10.1. The van der Waals surface area contributed by atoms with Gasteiger partial charge in [-0.05, 0) is 0 Å². The number of aromatic nitrogens is 2. The molecule has 0 fully saturated rings. The number of aliphatic hydroxyl groups excluding tert-OH is 2. The Labute approximate surface area is 100 Å². The molecule has 9 heteroatoms. The summed E-state index contributed by atoms with van der Waals surface area (Å²) >= 11 is 11.3. The molecule has 0 aliphatic heterocycles. The Morgan fingerprint density at radius 3 is 2.06 bits per heavy atom. The summed E-state index contributed by atoms with van der Waals surface area (Å²) in [7, 11) is 0. The number of nitrogens with zero attached hydrogens (tertiary/aromatic N) is 2. The minimum Gasteiger partial charge on any atom is -0.385 e. The third-order valence-corrected chi connectivity index (χ3v) is 2.33. The average Bonchev–Trinajstić information content (AvgIpc) is 2.14. The van der Waals surface area contributed by atoms with Crippen molar-refractivity contribution < 1.29 is 15.0 Å². The van der Waals surface area contributed by atoms with Gasteiger partial charge in [-0.1, -0.05) is 23.2 Å². The van der Waals surface area contributed by atoms with E-state index < -0.39 is 18.1 Å². The van der Waals surface area contributed by atoms with Crippen molar-refractivity contribution in [3.05, 3.63) is 15.9 Å². The van der Waals surface area contributed by atoms with Gasteiger partial charge in [-0.15, -0.1) is 0 Å². The summed E-state index contributed by atoms with van der Waals surface area (Å²) in [4.78, 5) is 17.7. The Hall–Kier alpha value is -1.15. The largest absolute Gasteiger partial charge is 0.385 e. The van der Waals surface area contributed by atoms with Gasteiger partial charge in [0.1, 0.15) is 16.4 Å². The molecular weight excluding hydrogens is 259 g/mol. The number of amides is 1. The number of carbonyl (C=O) groups is 1. The number of carbonyl (C=O) groups excluding carboxylic acids is 1. The maximum absolute atomic E-state index is 10.7.